The number of hydrogen-bond donors (Lipinski definition) is 2. The zero-order valence-corrected chi connectivity index (χ0v) is 22.8. The van der Waals surface area contributed by atoms with Crippen LogP contribution in [0, 0.1) is 5.82 Å². The van der Waals surface area contributed by atoms with Crippen LogP contribution in [0.5, 0.6) is 0 Å². The molecule has 2 aromatic carbocycles. The van der Waals surface area contributed by atoms with E-state index in [1.54, 1.807) is 6.07 Å². The lowest BCUT2D eigenvalue weighted by molar-refractivity contribution is 0.334. The standard InChI is InChI=1S/C33H33FN6/c1-3-22(10-9-19-40-17-5-6-18-40)20-23(4-2)27-15-16-29-31(35-27)32(39-38-29)33-36-28-14-8-13-26(30(28)37-33)24-11-7-12-25(34)21-24/h3-4,7-8,11-16,20-21H,1,5-6,9-10,17-19H2,2H3,(H,36,37)(H,38,39)/b22-20+,23-4+. The minimum Gasteiger partial charge on any atom is -0.336 e. The SMILES string of the molecule is C=C/C(=C\C(=C/C)c1ccc2[nH]nc(-c3nc4c(-c5cccc(F)c5)cccc4[nH]3)c2n1)CCCN1CCCC1. The van der Waals surface area contributed by atoms with Gasteiger partial charge >= 0.3 is 0 Å². The Kier molecular flexibility index (Phi) is 7.38. The van der Waals surface area contributed by atoms with E-state index in [2.05, 4.69) is 38.8 Å². The van der Waals surface area contributed by atoms with Gasteiger partial charge in [-0.05, 0) is 105 Å². The Bertz CT molecular complexity index is 1730. The van der Waals surface area contributed by atoms with Gasteiger partial charge in [0.05, 0.1) is 22.2 Å². The fourth-order valence-corrected chi connectivity index (χ4v) is 5.51. The van der Waals surface area contributed by atoms with E-state index in [0.29, 0.717) is 11.5 Å². The van der Waals surface area contributed by atoms with Crippen molar-refractivity contribution < 1.29 is 4.39 Å². The molecule has 0 unspecified atom stereocenters. The molecule has 6 nitrogen and oxygen atoms in total. The molecule has 4 heterocycles. The molecule has 0 bridgehead atoms. The maximum atomic E-state index is 13.9. The number of aromatic amines is 2. The molecule has 1 aliphatic rings. The van der Waals surface area contributed by atoms with E-state index in [-0.39, 0.29) is 5.82 Å². The van der Waals surface area contributed by atoms with Crippen molar-refractivity contribution in [1.29, 1.82) is 0 Å². The summed E-state index contributed by atoms with van der Waals surface area (Å²) in [5.41, 5.74) is 8.59. The molecule has 1 fully saturated rings. The second-order valence-corrected chi connectivity index (χ2v) is 10.3. The number of fused-ring (bicyclic) bond motifs is 2. The van der Waals surface area contributed by atoms with Gasteiger partial charge in [0.15, 0.2) is 11.5 Å². The number of pyridine rings is 1. The maximum Gasteiger partial charge on any atom is 0.161 e. The van der Waals surface area contributed by atoms with E-state index in [1.165, 1.54) is 43.6 Å². The van der Waals surface area contributed by atoms with Crippen LogP contribution in [-0.4, -0.2) is 49.7 Å². The first-order valence-corrected chi connectivity index (χ1v) is 13.9. The Hall–Kier alpha value is -4.36. The first-order valence-electron chi connectivity index (χ1n) is 13.9. The van der Waals surface area contributed by atoms with Crippen molar-refractivity contribution in [2.24, 2.45) is 0 Å². The molecule has 0 radical (unpaired) electrons. The highest BCUT2D eigenvalue weighted by atomic mass is 19.1. The average molecular weight is 533 g/mol. The normalized spacial score (nSPS) is 14.9. The number of imidazole rings is 1. The number of nitrogens with zero attached hydrogens (tertiary/aromatic N) is 4. The molecule has 202 valence electrons. The molecule has 0 amide bonds. The van der Waals surface area contributed by atoms with Crippen molar-refractivity contribution in [2.45, 2.75) is 32.6 Å². The Morgan fingerprint density at radius 1 is 1.02 bits per heavy atom. The van der Waals surface area contributed by atoms with Gasteiger partial charge in [0, 0.05) is 5.56 Å². The number of allylic oxidation sites excluding steroid dienone is 5. The van der Waals surface area contributed by atoms with Crippen molar-refractivity contribution in [2.75, 3.05) is 19.6 Å². The van der Waals surface area contributed by atoms with Crippen LogP contribution in [0.25, 0.3) is 50.3 Å². The summed E-state index contributed by atoms with van der Waals surface area (Å²) in [7, 11) is 0. The van der Waals surface area contributed by atoms with Crippen molar-refractivity contribution >= 4 is 27.6 Å². The van der Waals surface area contributed by atoms with Crippen LogP contribution in [0.3, 0.4) is 0 Å². The quantitative estimate of drug-likeness (QED) is 0.191. The lowest BCUT2D eigenvalue weighted by Crippen LogP contribution is -2.20. The predicted octanol–water partition coefficient (Wildman–Crippen LogP) is 7.70. The Balaban J connectivity index is 1.31. The molecular formula is C33H33FN6. The van der Waals surface area contributed by atoms with Gasteiger partial charge in [0.1, 0.15) is 11.3 Å². The zero-order valence-electron chi connectivity index (χ0n) is 22.8. The summed E-state index contributed by atoms with van der Waals surface area (Å²) in [6.07, 6.45) is 11.0. The minimum atomic E-state index is -0.277. The van der Waals surface area contributed by atoms with E-state index < -0.39 is 0 Å². The van der Waals surface area contributed by atoms with Gasteiger partial charge in [-0.25, -0.2) is 14.4 Å². The monoisotopic (exact) mass is 532 g/mol. The summed E-state index contributed by atoms with van der Waals surface area (Å²) in [5, 5.41) is 7.66. The Morgan fingerprint density at radius 2 is 1.88 bits per heavy atom. The van der Waals surface area contributed by atoms with Crippen LogP contribution < -0.4 is 0 Å². The number of rotatable bonds is 9. The maximum absolute atomic E-state index is 13.9. The number of halogens is 1. The third-order valence-corrected chi connectivity index (χ3v) is 7.63. The van der Waals surface area contributed by atoms with Crippen LogP contribution in [0.15, 0.2) is 85.0 Å². The molecule has 2 N–H and O–H groups in total. The molecule has 0 spiro atoms. The highest BCUT2D eigenvalue weighted by Gasteiger charge is 2.17. The van der Waals surface area contributed by atoms with Crippen LogP contribution >= 0.6 is 0 Å². The number of aromatic nitrogens is 5. The second kappa shape index (κ2) is 11.4. The van der Waals surface area contributed by atoms with Gasteiger partial charge in [-0.3, -0.25) is 5.10 Å². The zero-order chi connectivity index (χ0) is 27.5. The number of H-pyrrole nitrogens is 2. The Labute approximate surface area is 233 Å². The van der Waals surface area contributed by atoms with Crippen molar-refractivity contribution in [3.05, 3.63) is 96.5 Å². The Morgan fingerprint density at radius 3 is 2.67 bits per heavy atom. The summed E-state index contributed by atoms with van der Waals surface area (Å²) in [6, 6.07) is 16.4. The fourth-order valence-electron chi connectivity index (χ4n) is 5.51. The van der Waals surface area contributed by atoms with Crippen molar-refractivity contribution in [1.82, 2.24) is 30.0 Å². The van der Waals surface area contributed by atoms with Crippen LogP contribution in [-0.2, 0) is 0 Å². The molecule has 7 heteroatoms. The molecule has 0 atom stereocenters. The number of para-hydroxylation sites is 1. The lowest BCUT2D eigenvalue weighted by Gasteiger charge is -2.14. The highest BCUT2D eigenvalue weighted by molar-refractivity contribution is 5.96. The topological polar surface area (TPSA) is 73.5 Å². The van der Waals surface area contributed by atoms with E-state index in [0.717, 1.165) is 63.8 Å². The second-order valence-electron chi connectivity index (χ2n) is 10.3. The van der Waals surface area contributed by atoms with E-state index in [1.807, 2.05) is 49.4 Å². The average Bonchev–Trinajstić information content (AvgIpc) is 3.74. The summed E-state index contributed by atoms with van der Waals surface area (Å²) in [6.45, 7) is 9.68. The summed E-state index contributed by atoms with van der Waals surface area (Å²) < 4.78 is 13.9. The van der Waals surface area contributed by atoms with Crippen LogP contribution in [0.2, 0.25) is 0 Å². The first-order chi connectivity index (χ1) is 19.6. The minimum absolute atomic E-state index is 0.277. The number of benzene rings is 2. The van der Waals surface area contributed by atoms with Gasteiger partial charge < -0.3 is 9.88 Å². The molecule has 0 aliphatic carbocycles. The first kappa shape index (κ1) is 25.9. The molecule has 0 saturated carbocycles. The van der Waals surface area contributed by atoms with E-state index >= 15 is 0 Å². The summed E-state index contributed by atoms with van der Waals surface area (Å²) in [4.78, 5) is 15.8. The van der Waals surface area contributed by atoms with Crippen LogP contribution in [0.1, 0.15) is 38.3 Å². The molecule has 1 saturated heterocycles. The summed E-state index contributed by atoms with van der Waals surface area (Å²) in [5.74, 6) is 0.335. The van der Waals surface area contributed by atoms with Crippen molar-refractivity contribution in [3.8, 4) is 22.6 Å². The predicted molar refractivity (Wildman–Crippen MR) is 161 cm³/mol. The van der Waals surface area contributed by atoms with Gasteiger partial charge in [-0.2, -0.15) is 5.10 Å². The van der Waals surface area contributed by atoms with Gasteiger partial charge in [0.2, 0.25) is 0 Å². The molecular weight excluding hydrogens is 499 g/mol. The van der Waals surface area contributed by atoms with Crippen LogP contribution in [0.4, 0.5) is 4.39 Å². The number of likely N-dealkylation sites (tertiary alicyclic amines) is 1. The number of hydrogen-bond acceptors (Lipinski definition) is 4. The van der Waals surface area contributed by atoms with Gasteiger partial charge in [0.25, 0.3) is 0 Å². The third-order valence-electron chi connectivity index (χ3n) is 7.63. The number of nitrogens with one attached hydrogen (secondary N) is 2. The highest BCUT2D eigenvalue weighted by Crippen LogP contribution is 2.32. The van der Waals surface area contributed by atoms with E-state index in [4.69, 9.17) is 9.97 Å². The van der Waals surface area contributed by atoms with Gasteiger partial charge in [-0.1, -0.05) is 43.0 Å². The largest absolute Gasteiger partial charge is 0.336 e. The van der Waals surface area contributed by atoms with Gasteiger partial charge in [-0.15, -0.1) is 0 Å². The lowest BCUT2D eigenvalue weighted by atomic mass is 10.0. The third kappa shape index (κ3) is 5.25. The molecule has 3 aromatic heterocycles. The molecule has 5 aromatic rings. The molecule has 1 aliphatic heterocycles. The smallest absolute Gasteiger partial charge is 0.161 e. The molecule has 40 heavy (non-hydrogen) atoms. The van der Waals surface area contributed by atoms with Crippen molar-refractivity contribution in [3.63, 3.8) is 0 Å². The fraction of sp³-hybridized carbons (Fsp3) is 0.242. The summed E-state index contributed by atoms with van der Waals surface area (Å²) >= 11 is 0. The molecule has 6 rings (SSSR count). The van der Waals surface area contributed by atoms with E-state index in [9.17, 15) is 4.39 Å².